The second-order valence-electron chi connectivity index (χ2n) is 5.56. The number of hydrogen-bond acceptors (Lipinski definition) is 3. The van der Waals surface area contributed by atoms with Gasteiger partial charge < -0.3 is 10.2 Å². The third kappa shape index (κ3) is 4.14. The van der Waals surface area contributed by atoms with Gasteiger partial charge in [0.1, 0.15) is 12.1 Å². The maximum absolute atomic E-state index is 12.6. The van der Waals surface area contributed by atoms with Crippen molar-refractivity contribution in [1.29, 1.82) is 0 Å². The Morgan fingerprint density at radius 3 is 2.60 bits per heavy atom. The molecule has 0 aromatic rings. The summed E-state index contributed by atoms with van der Waals surface area (Å²) < 4.78 is 0. The van der Waals surface area contributed by atoms with Crippen LogP contribution in [0.25, 0.3) is 0 Å². The lowest BCUT2D eigenvalue weighted by Crippen LogP contribution is -2.65. The Balaban J connectivity index is 2.85. The van der Waals surface area contributed by atoms with Crippen molar-refractivity contribution in [3.8, 4) is 0 Å². The fourth-order valence-corrected chi connectivity index (χ4v) is 3.12. The van der Waals surface area contributed by atoms with Crippen LogP contribution in [0.2, 0.25) is 0 Å². The van der Waals surface area contributed by atoms with Gasteiger partial charge in [0.05, 0.1) is 0 Å². The number of nitrogens with one attached hydrogen (secondary N) is 1. The normalized spacial score (nSPS) is 24.7. The zero-order valence-corrected chi connectivity index (χ0v) is 14.0. The number of carbonyl (C=O) groups excluding carboxylic acids is 2. The predicted molar refractivity (Wildman–Crippen MR) is 84.8 cm³/mol. The van der Waals surface area contributed by atoms with Crippen molar-refractivity contribution in [2.75, 3.05) is 18.6 Å². The Hall–Kier alpha value is -0.710. The molecule has 0 aromatic heterocycles. The van der Waals surface area contributed by atoms with E-state index in [0.717, 1.165) is 31.4 Å². The van der Waals surface area contributed by atoms with E-state index in [-0.39, 0.29) is 29.8 Å². The molecule has 3 unspecified atom stereocenters. The maximum atomic E-state index is 12.6. The van der Waals surface area contributed by atoms with Crippen LogP contribution in [-0.4, -0.2) is 47.4 Å². The molecule has 116 valence electrons. The highest BCUT2D eigenvalue weighted by molar-refractivity contribution is 7.98. The van der Waals surface area contributed by atoms with Crippen molar-refractivity contribution >= 4 is 23.6 Å². The van der Waals surface area contributed by atoms with Crippen molar-refractivity contribution in [2.24, 2.45) is 5.92 Å². The van der Waals surface area contributed by atoms with Gasteiger partial charge in [0, 0.05) is 6.54 Å². The van der Waals surface area contributed by atoms with Crippen LogP contribution in [0.5, 0.6) is 0 Å². The van der Waals surface area contributed by atoms with Crippen molar-refractivity contribution in [3.63, 3.8) is 0 Å². The van der Waals surface area contributed by atoms with Crippen molar-refractivity contribution in [3.05, 3.63) is 0 Å². The molecule has 1 saturated heterocycles. The number of nitrogens with zero attached hydrogens (tertiary/aromatic N) is 1. The first-order valence-corrected chi connectivity index (χ1v) is 9.05. The van der Waals surface area contributed by atoms with Crippen LogP contribution in [0.15, 0.2) is 0 Å². The predicted octanol–water partition coefficient (Wildman–Crippen LogP) is 2.28. The SMILES string of the molecule is CCCC1NC(=O)C(C(C)CC)N(CCCSC)C1=O. The average molecular weight is 300 g/mol. The Morgan fingerprint density at radius 2 is 2.05 bits per heavy atom. The van der Waals surface area contributed by atoms with Gasteiger partial charge >= 0.3 is 0 Å². The summed E-state index contributed by atoms with van der Waals surface area (Å²) in [6.07, 6.45) is 5.56. The largest absolute Gasteiger partial charge is 0.342 e. The zero-order valence-electron chi connectivity index (χ0n) is 13.1. The summed E-state index contributed by atoms with van der Waals surface area (Å²) in [4.78, 5) is 26.8. The fourth-order valence-electron chi connectivity index (χ4n) is 2.70. The molecule has 0 spiro atoms. The third-order valence-electron chi connectivity index (χ3n) is 4.01. The van der Waals surface area contributed by atoms with Gasteiger partial charge in [-0.2, -0.15) is 11.8 Å². The van der Waals surface area contributed by atoms with E-state index in [1.807, 2.05) is 11.8 Å². The topological polar surface area (TPSA) is 49.4 Å². The number of piperazine rings is 1. The van der Waals surface area contributed by atoms with Crippen LogP contribution in [0, 0.1) is 5.92 Å². The van der Waals surface area contributed by atoms with Gasteiger partial charge in [0.25, 0.3) is 0 Å². The van der Waals surface area contributed by atoms with Crippen LogP contribution in [0.1, 0.15) is 46.5 Å². The van der Waals surface area contributed by atoms with E-state index in [1.165, 1.54) is 0 Å². The molecule has 1 aliphatic rings. The van der Waals surface area contributed by atoms with Gasteiger partial charge in [0.15, 0.2) is 0 Å². The minimum absolute atomic E-state index is 0.0292. The Labute approximate surface area is 127 Å². The molecule has 0 aromatic carbocycles. The molecule has 3 atom stereocenters. The minimum atomic E-state index is -0.318. The van der Waals surface area contributed by atoms with Crippen LogP contribution < -0.4 is 5.32 Å². The molecule has 1 aliphatic heterocycles. The molecule has 0 saturated carbocycles. The smallest absolute Gasteiger partial charge is 0.245 e. The lowest BCUT2D eigenvalue weighted by atomic mass is 9.92. The monoisotopic (exact) mass is 300 g/mol. The summed E-state index contributed by atoms with van der Waals surface area (Å²) in [5, 5.41) is 2.92. The van der Waals surface area contributed by atoms with Crippen LogP contribution >= 0.6 is 11.8 Å². The molecule has 0 bridgehead atoms. The summed E-state index contributed by atoms with van der Waals surface area (Å²) in [5.41, 5.74) is 0. The second kappa shape index (κ2) is 8.55. The minimum Gasteiger partial charge on any atom is -0.342 e. The molecule has 2 amide bonds. The van der Waals surface area contributed by atoms with Gasteiger partial charge in [0.2, 0.25) is 11.8 Å². The zero-order chi connectivity index (χ0) is 15.1. The highest BCUT2D eigenvalue weighted by atomic mass is 32.2. The van der Waals surface area contributed by atoms with Gasteiger partial charge in [-0.05, 0) is 30.8 Å². The third-order valence-corrected chi connectivity index (χ3v) is 4.71. The van der Waals surface area contributed by atoms with Gasteiger partial charge in [-0.1, -0.05) is 33.6 Å². The maximum Gasteiger partial charge on any atom is 0.245 e. The van der Waals surface area contributed by atoms with E-state index >= 15 is 0 Å². The van der Waals surface area contributed by atoms with E-state index in [9.17, 15) is 9.59 Å². The first kappa shape index (κ1) is 17.3. The van der Waals surface area contributed by atoms with E-state index in [1.54, 1.807) is 11.8 Å². The van der Waals surface area contributed by atoms with Crippen LogP contribution in [-0.2, 0) is 9.59 Å². The van der Waals surface area contributed by atoms with E-state index < -0.39 is 0 Å². The summed E-state index contributed by atoms with van der Waals surface area (Å²) in [5.74, 6) is 1.37. The standard InChI is InChI=1S/C15H28N2O2S/c1-5-8-12-15(19)17(9-7-10-20-4)13(11(3)6-2)14(18)16-12/h11-13H,5-10H2,1-4H3,(H,16,18). The van der Waals surface area contributed by atoms with Gasteiger partial charge in [-0.15, -0.1) is 0 Å². The molecule has 0 aliphatic carbocycles. The van der Waals surface area contributed by atoms with Crippen LogP contribution in [0.3, 0.4) is 0 Å². The van der Waals surface area contributed by atoms with E-state index in [2.05, 4.69) is 25.4 Å². The first-order valence-electron chi connectivity index (χ1n) is 7.66. The summed E-state index contributed by atoms with van der Waals surface area (Å²) in [6.45, 7) is 6.86. The Morgan fingerprint density at radius 1 is 1.35 bits per heavy atom. The number of amides is 2. The number of carbonyl (C=O) groups is 2. The quantitative estimate of drug-likeness (QED) is 0.700. The number of rotatable bonds is 8. The molecule has 1 fully saturated rings. The second-order valence-corrected chi connectivity index (χ2v) is 6.54. The van der Waals surface area contributed by atoms with E-state index in [0.29, 0.717) is 6.54 Å². The fraction of sp³-hybridized carbons (Fsp3) is 0.867. The molecular formula is C15H28N2O2S. The Bertz CT molecular complexity index is 336. The molecule has 1 heterocycles. The lowest BCUT2D eigenvalue weighted by molar-refractivity contribution is -0.151. The van der Waals surface area contributed by atoms with Crippen LogP contribution in [0.4, 0.5) is 0 Å². The van der Waals surface area contributed by atoms with Gasteiger partial charge in [-0.25, -0.2) is 0 Å². The molecule has 1 rings (SSSR count). The molecule has 1 N–H and O–H groups in total. The first-order chi connectivity index (χ1) is 9.56. The Kier molecular flexibility index (Phi) is 7.41. The highest BCUT2D eigenvalue weighted by Gasteiger charge is 2.41. The van der Waals surface area contributed by atoms with Crippen molar-refractivity contribution in [2.45, 2.75) is 58.5 Å². The average Bonchev–Trinajstić information content (AvgIpc) is 2.43. The molecule has 4 nitrogen and oxygen atoms in total. The van der Waals surface area contributed by atoms with Crippen molar-refractivity contribution in [1.82, 2.24) is 10.2 Å². The summed E-state index contributed by atoms with van der Waals surface area (Å²) >= 11 is 1.78. The molecule has 20 heavy (non-hydrogen) atoms. The van der Waals surface area contributed by atoms with Gasteiger partial charge in [-0.3, -0.25) is 9.59 Å². The highest BCUT2D eigenvalue weighted by Crippen LogP contribution is 2.22. The summed E-state index contributed by atoms with van der Waals surface area (Å²) in [7, 11) is 0. The number of thioether (sulfide) groups is 1. The molecule has 0 radical (unpaired) electrons. The number of hydrogen-bond donors (Lipinski definition) is 1. The summed E-state index contributed by atoms with van der Waals surface area (Å²) in [6, 6.07) is -0.607. The molecular weight excluding hydrogens is 272 g/mol. The van der Waals surface area contributed by atoms with Crippen molar-refractivity contribution < 1.29 is 9.59 Å². The van der Waals surface area contributed by atoms with E-state index in [4.69, 9.17) is 0 Å². The lowest BCUT2D eigenvalue weighted by Gasteiger charge is -2.41. The molecule has 5 heteroatoms.